The molecule has 2 aliphatic heterocycles. The highest BCUT2D eigenvalue weighted by molar-refractivity contribution is 5.53. The fourth-order valence-corrected chi connectivity index (χ4v) is 2.91. The Kier molecular flexibility index (Phi) is 2.45. The molecule has 5 nitrogen and oxygen atoms in total. The molecular weight excluding hydrogens is 214 g/mol. The van der Waals surface area contributed by atoms with Crippen LogP contribution in [0.5, 0.6) is 0 Å². The zero-order chi connectivity index (χ0) is 11.7. The summed E-state index contributed by atoms with van der Waals surface area (Å²) in [6.45, 7) is 4.21. The molecule has 0 saturated carbocycles. The topological polar surface area (TPSA) is 64.8 Å². The van der Waals surface area contributed by atoms with Gasteiger partial charge in [0.05, 0.1) is 6.20 Å². The highest BCUT2D eigenvalue weighted by Gasteiger charge is 2.41. The Morgan fingerprint density at radius 2 is 2.41 bits per heavy atom. The molecule has 5 heteroatoms. The van der Waals surface area contributed by atoms with E-state index in [4.69, 9.17) is 5.26 Å². The monoisotopic (exact) mass is 229 g/mol. The molecule has 1 unspecified atom stereocenters. The van der Waals surface area contributed by atoms with Gasteiger partial charge in [-0.25, -0.2) is 9.97 Å². The van der Waals surface area contributed by atoms with Crippen molar-refractivity contribution in [3.8, 4) is 6.07 Å². The van der Waals surface area contributed by atoms with E-state index in [1.165, 1.54) is 19.2 Å². The molecule has 17 heavy (non-hydrogen) atoms. The molecule has 2 saturated heterocycles. The summed E-state index contributed by atoms with van der Waals surface area (Å²) >= 11 is 0. The zero-order valence-corrected chi connectivity index (χ0v) is 9.69. The maximum absolute atomic E-state index is 9.07. The Labute approximate surface area is 100 Å². The lowest BCUT2D eigenvalue weighted by Gasteiger charge is -2.23. The average molecular weight is 229 g/mol. The molecule has 88 valence electrons. The van der Waals surface area contributed by atoms with Crippen LogP contribution in [0.3, 0.4) is 0 Å². The van der Waals surface area contributed by atoms with Crippen LogP contribution in [0.1, 0.15) is 18.4 Å². The SMILES string of the molecule is N#Cc1cncnc1N1CCC2(CCNC2)C1. The van der Waals surface area contributed by atoms with Gasteiger partial charge in [-0.2, -0.15) is 5.26 Å². The first kappa shape index (κ1) is 10.5. The molecule has 0 aliphatic carbocycles. The second kappa shape index (κ2) is 3.97. The lowest BCUT2D eigenvalue weighted by molar-refractivity contribution is 0.369. The van der Waals surface area contributed by atoms with Crippen LogP contribution in [-0.4, -0.2) is 36.1 Å². The molecule has 1 aromatic rings. The van der Waals surface area contributed by atoms with Crippen molar-refractivity contribution in [2.75, 3.05) is 31.1 Å². The molecule has 3 rings (SSSR count). The number of nitriles is 1. The normalized spacial score (nSPS) is 27.6. The third kappa shape index (κ3) is 1.75. The largest absolute Gasteiger partial charge is 0.355 e. The summed E-state index contributed by atoms with van der Waals surface area (Å²) in [5.41, 5.74) is 0.980. The van der Waals surface area contributed by atoms with E-state index < -0.39 is 0 Å². The Bertz CT molecular complexity index is 458. The van der Waals surface area contributed by atoms with Gasteiger partial charge in [-0.05, 0) is 19.4 Å². The Morgan fingerprint density at radius 1 is 1.47 bits per heavy atom. The van der Waals surface area contributed by atoms with Gasteiger partial charge in [0.25, 0.3) is 0 Å². The number of hydrogen-bond donors (Lipinski definition) is 1. The fourth-order valence-electron chi connectivity index (χ4n) is 2.91. The van der Waals surface area contributed by atoms with Gasteiger partial charge in [-0.3, -0.25) is 0 Å². The van der Waals surface area contributed by atoms with Crippen LogP contribution in [0.4, 0.5) is 5.82 Å². The van der Waals surface area contributed by atoms with Crippen molar-refractivity contribution in [3.63, 3.8) is 0 Å². The van der Waals surface area contributed by atoms with Gasteiger partial charge < -0.3 is 10.2 Å². The van der Waals surface area contributed by atoms with Crippen LogP contribution in [0.25, 0.3) is 0 Å². The fraction of sp³-hybridized carbons (Fsp3) is 0.583. The molecule has 0 bridgehead atoms. The van der Waals surface area contributed by atoms with E-state index in [-0.39, 0.29) is 0 Å². The molecular formula is C12H15N5. The number of nitrogens with zero attached hydrogens (tertiary/aromatic N) is 4. The van der Waals surface area contributed by atoms with Crippen LogP contribution in [0, 0.1) is 16.7 Å². The predicted molar refractivity (Wildman–Crippen MR) is 63.5 cm³/mol. The quantitative estimate of drug-likeness (QED) is 0.761. The van der Waals surface area contributed by atoms with E-state index in [0.29, 0.717) is 11.0 Å². The minimum absolute atomic E-state index is 0.400. The van der Waals surface area contributed by atoms with Crippen molar-refractivity contribution in [3.05, 3.63) is 18.1 Å². The molecule has 1 N–H and O–H groups in total. The van der Waals surface area contributed by atoms with Crippen LogP contribution < -0.4 is 10.2 Å². The van der Waals surface area contributed by atoms with Crippen molar-refractivity contribution in [1.29, 1.82) is 5.26 Å². The van der Waals surface area contributed by atoms with Crippen molar-refractivity contribution < 1.29 is 0 Å². The highest BCUT2D eigenvalue weighted by Crippen LogP contribution is 2.38. The summed E-state index contributed by atoms with van der Waals surface area (Å²) in [5, 5.41) is 12.5. The van der Waals surface area contributed by atoms with Gasteiger partial charge in [-0.15, -0.1) is 0 Å². The van der Waals surface area contributed by atoms with Crippen molar-refractivity contribution in [2.24, 2.45) is 5.41 Å². The molecule has 1 aromatic heterocycles. The van der Waals surface area contributed by atoms with E-state index in [1.54, 1.807) is 6.20 Å². The minimum atomic E-state index is 0.400. The lowest BCUT2D eigenvalue weighted by atomic mass is 9.87. The van der Waals surface area contributed by atoms with Crippen LogP contribution >= 0.6 is 0 Å². The second-order valence-corrected chi connectivity index (χ2v) is 4.97. The third-order valence-electron chi connectivity index (χ3n) is 3.88. The van der Waals surface area contributed by atoms with Crippen LogP contribution in [0.2, 0.25) is 0 Å². The Morgan fingerprint density at radius 3 is 3.18 bits per heavy atom. The second-order valence-electron chi connectivity index (χ2n) is 4.97. The maximum atomic E-state index is 9.07. The zero-order valence-electron chi connectivity index (χ0n) is 9.69. The van der Waals surface area contributed by atoms with Crippen LogP contribution in [0.15, 0.2) is 12.5 Å². The number of nitrogens with one attached hydrogen (secondary N) is 1. The van der Waals surface area contributed by atoms with Gasteiger partial charge in [-0.1, -0.05) is 0 Å². The first-order chi connectivity index (χ1) is 8.33. The lowest BCUT2D eigenvalue weighted by Crippen LogP contribution is -2.29. The Hall–Kier alpha value is -1.67. The summed E-state index contributed by atoms with van der Waals surface area (Å²) in [7, 11) is 0. The molecule has 2 fully saturated rings. The Balaban J connectivity index is 1.85. The highest BCUT2D eigenvalue weighted by atomic mass is 15.2. The first-order valence-electron chi connectivity index (χ1n) is 5.99. The van der Waals surface area contributed by atoms with Crippen molar-refractivity contribution >= 4 is 5.82 Å². The summed E-state index contributed by atoms with van der Waals surface area (Å²) in [5.74, 6) is 0.797. The van der Waals surface area contributed by atoms with E-state index in [0.717, 1.165) is 32.0 Å². The smallest absolute Gasteiger partial charge is 0.149 e. The van der Waals surface area contributed by atoms with E-state index >= 15 is 0 Å². The van der Waals surface area contributed by atoms with Gasteiger partial charge >= 0.3 is 0 Å². The van der Waals surface area contributed by atoms with Crippen LogP contribution in [-0.2, 0) is 0 Å². The summed E-state index contributed by atoms with van der Waals surface area (Å²) in [4.78, 5) is 10.4. The number of hydrogen-bond acceptors (Lipinski definition) is 5. The molecule has 0 radical (unpaired) electrons. The van der Waals surface area contributed by atoms with Gasteiger partial charge in [0, 0.05) is 25.0 Å². The predicted octanol–water partition coefficient (Wildman–Crippen LogP) is 0.538. The number of aromatic nitrogens is 2. The third-order valence-corrected chi connectivity index (χ3v) is 3.88. The van der Waals surface area contributed by atoms with E-state index in [1.807, 2.05) is 0 Å². The minimum Gasteiger partial charge on any atom is -0.355 e. The standard InChI is InChI=1S/C12H15N5/c13-5-10-6-15-9-16-11(10)17-4-2-12(8-17)1-3-14-7-12/h6,9,14H,1-4,7-8H2. The van der Waals surface area contributed by atoms with Gasteiger partial charge in [0.1, 0.15) is 23.8 Å². The molecule has 0 aromatic carbocycles. The van der Waals surface area contributed by atoms with Crippen molar-refractivity contribution in [2.45, 2.75) is 12.8 Å². The molecule has 3 heterocycles. The van der Waals surface area contributed by atoms with Gasteiger partial charge in [0.2, 0.25) is 0 Å². The summed E-state index contributed by atoms with van der Waals surface area (Å²) < 4.78 is 0. The van der Waals surface area contributed by atoms with Gasteiger partial charge in [0.15, 0.2) is 0 Å². The summed E-state index contributed by atoms with van der Waals surface area (Å²) in [6, 6.07) is 2.17. The number of rotatable bonds is 1. The average Bonchev–Trinajstić information content (AvgIpc) is 3.00. The maximum Gasteiger partial charge on any atom is 0.149 e. The molecule has 2 aliphatic rings. The molecule has 1 spiro atoms. The van der Waals surface area contributed by atoms with Crippen molar-refractivity contribution in [1.82, 2.24) is 15.3 Å². The molecule has 1 atom stereocenters. The summed E-state index contributed by atoms with van der Waals surface area (Å²) in [6.07, 6.45) is 5.54. The first-order valence-corrected chi connectivity index (χ1v) is 5.99. The van der Waals surface area contributed by atoms with E-state index in [9.17, 15) is 0 Å². The number of anilines is 1. The molecule has 0 amide bonds. The van der Waals surface area contributed by atoms with E-state index in [2.05, 4.69) is 26.3 Å².